The number of aromatic nitrogens is 1. The minimum Gasteiger partial charge on any atom is -0.460 e. The Morgan fingerprint density at radius 2 is 1.98 bits per heavy atom. The van der Waals surface area contributed by atoms with E-state index in [1.54, 1.807) is 11.3 Å². The molecule has 0 bridgehead atoms. The lowest BCUT2D eigenvalue weighted by molar-refractivity contribution is -0.149. The van der Waals surface area contributed by atoms with Crippen molar-refractivity contribution in [2.24, 2.45) is 16.3 Å². The van der Waals surface area contributed by atoms with Crippen LogP contribution in [0.4, 0.5) is 0 Å². The Morgan fingerprint density at radius 1 is 1.27 bits per heavy atom. The summed E-state index contributed by atoms with van der Waals surface area (Å²) >= 11 is 1.58. The van der Waals surface area contributed by atoms with Crippen molar-refractivity contribution < 1.29 is 19.1 Å². The molecule has 0 aliphatic carbocycles. The fraction of sp³-hybridized carbons (Fsp3) is 0.571. The fourth-order valence-corrected chi connectivity index (χ4v) is 5.37. The number of unbranched alkanes of at least 4 members (excludes halogenated alkanes) is 1. The highest BCUT2D eigenvalue weighted by Crippen LogP contribution is 2.29. The van der Waals surface area contributed by atoms with Crippen LogP contribution in [0.3, 0.4) is 0 Å². The van der Waals surface area contributed by atoms with Crippen LogP contribution in [0.2, 0.25) is 0 Å². The van der Waals surface area contributed by atoms with Gasteiger partial charge in [-0.15, -0.1) is 11.3 Å². The summed E-state index contributed by atoms with van der Waals surface area (Å²) in [5.74, 6) is -1.08. The van der Waals surface area contributed by atoms with E-state index >= 15 is 0 Å². The molecule has 3 N–H and O–H groups in total. The van der Waals surface area contributed by atoms with E-state index in [9.17, 15) is 14.4 Å². The first-order valence-electron chi connectivity index (χ1n) is 13.5. The summed E-state index contributed by atoms with van der Waals surface area (Å²) in [4.78, 5) is 48.8. The molecule has 0 spiro atoms. The minimum absolute atomic E-state index is 0.0996. The van der Waals surface area contributed by atoms with E-state index in [2.05, 4.69) is 20.3 Å². The summed E-state index contributed by atoms with van der Waals surface area (Å²) in [5.41, 5.74) is 18.9. The molecular formula is C28H39N7O4S. The number of nitrogens with zero attached hydrogens (tertiary/aromatic N) is 5. The highest BCUT2D eigenvalue weighted by Gasteiger charge is 2.44. The lowest BCUT2D eigenvalue weighted by atomic mass is 9.86. The number of carbonyl (C=O) groups is 3. The maximum Gasteiger partial charge on any atom is 0.306 e. The van der Waals surface area contributed by atoms with E-state index in [1.807, 2.05) is 64.4 Å². The van der Waals surface area contributed by atoms with Gasteiger partial charge in [-0.05, 0) is 48.8 Å². The van der Waals surface area contributed by atoms with Crippen molar-refractivity contribution in [2.75, 3.05) is 13.1 Å². The third kappa shape index (κ3) is 8.03. The molecule has 1 aromatic heterocycles. The molecule has 0 unspecified atom stereocenters. The molecule has 2 amide bonds. The fourth-order valence-electron chi connectivity index (χ4n) is 4.56. The number of hydrogen-bond donors (Lipinski definition) is 2. The highest BCUT2D eigenvalue weighted by molar-refractivity contribution is 7.13. The molecule has 12 heteroatoms. The van der Waals surface area contributed by atoms with Gasteiger partial charge in [0.1, 0.15) is 12.1 Å². The molecule has 2 aromatic rings. The standard InChI is InChI=1S/C28H39N7O4S/c1-17(19-9-11-20(12-10-19)24-18(2)31-16-40-24)33-26(37)22-14-21(39-23(36)8-6-7-13-32-34-30)15-35(22)27(38)25(29)28(3,4)5/h9-12,16-17,21-22,25H,6-8,13-15,29H2,1-5H3,(H,33,37)/t17-,21+,22-,25+/m0/s1. The number of rotatable bonds is 11. The Labute approximate surface area is 239 Å². The van der Waals surface area contributed by atoms with Gasteiger partial charge in [0, 0.05) is 24.3 Å². The van der Waals surface area contributed by atoms with Crippen LogP contribution in [-0.2, 0) is 19.1 Å². The number of azide groups is 1. The topological polar surface area (TPSA) is 163 Å². The van der Waals surface area contributed by atoms with Gasteiger partial charge in [-0.1, -0.05) is 50.2 Å². The molecule has 1 saturated heterocycles. The van der Waals surface area contributed by atoms with Crippen LogP contribution >= 0.6 is 11.3 Å². The second-order valence-electron chi connectivity index (χ2n) is 11.2. The SMILES string of the molecule is Cc1ncsc1-c1ccc([C@H](C)NC(=O)[C@@H]2C[C@@H](OC(=O)CCCCN=[N+]=[N-])CN2C(=O)[C@@H](N)C(C)(C)C)cc1. The Morgan fingerprint density at radius 3 is 2.58 bits per heavy atom. The number of esters is 1. The number of thiazole rings is 1. The molecule has 11 nitrogen and oxygen atoms in total. The Kier molecular flexibility index (Phi) is 10.7. The summed E-state index contributed by atoms with van der Waals surface area (Å²) in [6.45, 7) is 9.88. The number of carbonyl (C=O) groups excluding carboxylic acids is 3. The van der Waals surface area contributed by atoms with E-state index < -0.39 is 29.6 Å². The van der Waals surface area contributed by atoms with Gasteiger partial charge in [0.15, 0.2) is 0 Å². The van der Waals surface area contributed by atoms with Crippen molar-refractivity contribution in [1.82, 2.24) is 15.2 Å². The molecule has 4 atom stereocenters. The molecule has 1 aromatic carbocycles. The number of benzene rings is 1. The molecule has 1 aliphatic rings. The Bertz CT molecular complexity index is 1230. The molecule has 3 rings (SSSR count). The number of ether oxygens (including phenoxy) is 1. The summed E-state index contributed by atoms with van der Waals surface area (Å²) in [6, 6.07) is 6.01. The number of nitrogens with two attached hydrogens (primary N) is 1. The zero-order valence-corrected chi connectivity index (χ0v) is 24.6. The first-order valence-corrected chi connectivity index (χ1v) is 14.4. The molecule has 0 radical (unpaired) electrons. The van der Waals surface area contributed by atoms with Gasteiger partial charge in [0.25, 0.3) is 0 Å². The maximum absolute atomic E-state index is 13.5. The predicted molar refractivity (Wildman–Crippen MR) is 154 cm³/mol. The molecule has 40 heavy (non-hydrogen) atoms. The smallest absolute Gasteiger partial charge is 0.306 e. The number of likely N-dealkylation sites (tertiary alicyclic amines) is 1. The predicted octanol–water partition coefficient (Wildman–Crippen LogP) is 4.66. The van der Waals surface area contributed by atoms with Crippen LogP contribution in [0.15, 0.2) is 34.9 Å². The number of hydrogen-bond acceptors (Lipinski definition) is 8. The molecule has 2 heterocycles. The molecule has 1 aliphatic heterocycles. The maximum atomic E-state index is 13.5. The van der Waals surface area contributed by atoms with Crippen LogP contribution in [0, 0.1) is 12.3 Å². The van der Waals surface area contributed by atoms with Gasteiger partial charge >= 0.3 is 5.97 Å². The lowest BCUT2D eigenvalue weighted by Crippen LogP contribution is -2.55. The third-order valence-electron chi connectivity index (χ3n) is 7.08. The zero-order chi connectivity index (χ0) is 29.4. The first-order chi connectivity index (χ1) is 18.9. The third-order valence-corrected chi connectivity index (χ3v) is 8.05. The van der Waals surface area contributed by atoms with E-state index in [1.165, 1.54) is 4.90 Å². The Hall–Kier alpha value is -3.47. The first kappa shape index (κ1) is 31.1. The minimum atomic E-state index is -0.821. The van der Waals surface area contributed by atoms with E-state index in [0.29, 0.717) is 19.4 Å². The van der Waals surface area contributed by atoms with Gasteiger partial charge in [-0.3, -0.25) is 14.4 Å². The molecule has 1 fully saturated rings. The van der Waals surface area contributed by atoms with Crippen molar-refractivity contribution in [2.45, 2.75) is 84.5 Å². The monoisotopic (exact) mass is 569 g/mol. The van der Waals surface area contributed by atoms with Crippen LogP contribution in [-0.4, -0.2) is 58.9 Å². The second-order valence-corrected chi connectivity index (χ2v) is 12.1. The van der Waals surface area contributed by atoms with Crippen LogP contribution in [0.5, 0.6) is 0 Å². The number of aryl methyl sites for hydroxylation is 1. The van der Waals surface area contributed by atoms with Crippen molar-refractivity contribution in [1.29, 1.82) is 0 Å². The van der Waals surface area contributed by atoms with Gasteiger partial charge < -0.3 is 20.7 Å². The van der Waals surface area contributed by atoms with Crippen LogP contribution in [0.25, 0.3) is 20.9 Å². The quantitative estimate of drug-likeness (QED) is 0.131. The summed E-state index contributed by atoms with van der Waals surface area (Å²) in [6.07, 6.45) is 0.828. The molecular weight excluding hydrogens is 530 g/mol. The van der Waals surface area contributed by atoms with Crippen molar-refractivity contribution >= 4 is 29.1 Å². The molecule has 216 valence electrons. The normalized spacial score (nSPS) is 18.5. The molecule has 0 saturated carbocycles. The lowest BCUT2D eigenvalue weighted by Gasteiger charge is -2.32. The van der Waals surface area contributed by atoms with Crippen molar-refractivity contribution in [3.8, 4) is 10.4 Å². The van der Waals surface area contributed by atoms with E-state index in [4.69, 9.17) is 16.0 Å². The van der Waals surface area contributed by atoms with Gasteiger partial charge in [-0.2, -0.15) is 0 Å². The van der Waals surface area contributed by atoms with Crippen LogP contribution in [0.1, 0.15) is 70.7 Å². The summed E-state index contributed by atoms with van der Waals surface area (Å²) < 4.78 is 5.63. The van der Waals surface area contributed by atoms with Crippen molar-refractivity contribution in [3.05, 3.63) is 51.5 Å². The van der Waals surface area contributed by atoms with E-state index in [0.717, 1.165) is 21.7 Å². The van der Waals surface area contributed by atoms with Gasteiger partial charge in [-0.25, -0.2) is 4.98 Å². The summed E-state index contributed by atoms with van der Waals surface area (Å²) in [7, 11) is 0. The zero-order valence-electron chi connectivity index (χ0n) is 23.8. The van der Waals surface area contributed by atoms with Gasteiger partial charge in [0.2, 0.25) is 11.8 Å². The second kappa shape index (κ2) is 13.7. The average Bonchev–Trinajstić information content (AvgIpc) is 3.53. The number of nitrogens with one attached hydrogen (secondary N) is 1. The van der Waals surface area contributed by atoms with Crippen LogP contribution < -0.4 is 11.1 Å². The highest BCUT2D eigenvalue weighted by atomic mass is 32.1. The summed E-state index contributed by atoms with van der Waals surface area (Å²) in [5, 5.41) is 6.49. The number of amides is 2. The van der Waals surface area contributed by atoms with Gasteiger partial charge in [0.05, 0.1) is 34.7 Å². The van der Waals surface area contributed by atoms with Crippen molar-refractivity contribution in [3.63, 3.8) is 0 Å². The average molecular weight is 570 g/mol. The largest absolute Gasteiger partial charge is 0.460 e. The van der Waals surface area contributed by atoms with E-state index in [-0.39, 0.29) is 37.2 Å². The Balaban J connectivity index is 1.68.